The molecule has 0 aliphatic carbocycles. The molecule has 114 valence electrons. The summed E-state index contributed by atoms with van der Waals surface area (Å²) in [5.41, 5.74) is -0.0420. The number of nitrogens with one attached hydrogen (secondary N) is 1. The van der Waals surface area contributed by atoms with Crippen molar-refractivity contribution in [3.63, 3.8) is 0 Å². The van der Waals surface area contributed by atoms with E-state index < -0.39 is 11.6 Å². The van der Waals surface area contributed by atoms with Gasteiger partial charge in [0, 0.05) is 24.1 Å². The summed E-state index contributed by atoms with van der Waals surface area (Å²) in [4.78, 5) is 0. The van der Waals surface area contributed by atoms with Crippen LogP contribution in [0.4, 0.5) is 8.78 Å². The fourth-order valence-corrected chi connectivity index (χ4v) is 1.86. The van der Waals surface area contributed by atoms with Crippen LogP contribution in [0.2, 0.25) is 0 Å². The lowest BCUT2D eigenvalue weighted by molar-refractivity contribution is 0.402. The molecule has 0 aliphatic rings. The first-order valence-electron chi connectivity index (χ1n) is 6.84. The Labute approximate surface area is 122 Å². The summed E-state index contributed by atoms with van der Waals surface area (Å²) >= 11 is 0. The highest BCUT2D eigenvalue weighted by molar-refractivity contribution is 5.22. The second kappa shape index (κ2) is 6.30. The Morgan fingerprint density at radius 1 is 1.10 bits per heavy atom. The maximum atomic E-state index is 13.5. The van der Waals surface area contributed by atoms with Crippen LogP contribution in [0.15, 0.2) is 22.6 Å². The van der Waals surface area contributed by atoms with Crippen molar-refractivity contribution >= 4 is 0 Å². The molecule has 6 heteroatoms. The summed E-state index contributed by atoms with van der Waals surface area (Å²) in [6.45, 7) is 6.88. The first-order valence-corrected chi connectivity index (χ1v) is 6.84. The number of nitrogens with zero attached hydrogens (tertiary/aromatic N) is 2. The van der Waals surface area contributed by atoms with Crippen molar-refractivity contribution in [2.75, 3.05) is 6.54 Å². The molecule has 2 aromatic rings. The molecule has 1 heterocycles. The van der Waals surface area contributed by atoms with Gasteiger partial charge in [0.2, 0.25) is 11.8 Å². The summed E-state index contributed by atoms with van der Waals surface area (Å²) in [5.74, 6) is -0.545. The number of rotatable bonds is 5. The van der Waals surface area contributed by atoms with Gasteiger partial charge in [-0.25, -0.2) is 8.78 Å². The van der Waals surface area contributed by atoms with Gasteiger partial charge in [-0.2, -0.15) is 0 Å². The van der Waals surface area contributed by atoms with E-state index in [1.807, 2.05) is 0 Å². The van der Waals surface area contributed by atoms with E-state index in [0.717, 1.165) is 0 Å². The average Bonchev–Trinajstić information content (AvgIpc) is 2.80. The van der Waals surface area contributed by atoms with Gasteiger partial charge in [-0.05, 0) is 32.9 Å². The van der Waals surface area contributed by atoms with Gasteiger partial charge in [-0.3, -0.25) is 0 Å². The molecule has 2 rings (SSSR count). The molecule has 0 unspecified atom stereocenters. The number of hydrogen-bond donors (Lipinski definition) is 1. The van der Waals surface area contributed by atoms with Crippen molar-refractivity contribution in [1.82, 2.24) is 15.5 Å². The summed E-state index contributed by atoms with van der Waals surface area (Å²) < 4.78 is 32.5. The van der Waals surface area contributed by atoms with Crippen LogP contribution >= 0.6 is 0 Å². The highest BCUT2D eigenvalue weighted by atomic mass is 19.1. The van der Waals surface area contributed by atoms with E-state index in [4.69, 9.17) is 4.42 Å². The monoisotopic (exact) mass is 295 g/mol. The Kier molecular flexibility index (Phi) is 4.67. The lowest BCUT2D eigenvalue weighted by atomic mass is 10.1. The minimum atomic E-state index is -0.607. The largest absolute Gasteiger partial charge is 0.425 e. The summed E-state index contributed by atoms with van der Waals surface area (Å²) in [5, 5.41) is 11.0. The minimum Gasteiger partial charge on any atom is -0.425 e. The second-order valence-electron chi connectivity index (χ2n) is 5.89. The van der Waals surface area contributed by atoms with Crippen LogP contribution < -0.4 is 5.32 Å². The predicted octanol–water partition coefficient (Wildman–Crippen LogP) is 2.87. The SMILES string of the molecule is CC(C)(C)NCCc1nnc(Cc2c(F)cccc2F)o1. The summed E-state index contributed by atoms with van der Waals surface area (Å²) in [6.07, 6.45) is 0.530. The van der Waals surface area contributed by atoms with Gasteiger partial charge in [0.25, 0.3) is 0 Å². The van der Waals surface area contributed by atoms with Gasteiger partial charge in [0.05, 0.1) is 6.42 Å². The van der Waals surface area contributed by atoms with Crippen molar-refractivity contribution < 1.29 is 13.2 Å². The first kappa shape index (κ1) is 15.6. The molecule has 0 bridgehead atoms. The van der Waals surface area contributed by atoms with Crippen molar-refractivity contribution in [1.29, 1.82) is 0 Å². The molecule has 1 N–H and O–H groups in total. The number of aromatic nitrogens is 2. The average molecular weight is 295 g/mol. The van der Waals surface area contributed by atoms with E-state index in [-0.39, 0.29) is 23.4 Å². The van der Waals surface area contributed by atoms with Crippen LogP contribution in [-0.2, 0) is 12.8 Å². The zero-order chi connectivity index (χ0) is 15.5. The fourth-order valence-electron chi connectivity index (χ4n) is 1.86. The summed E-state index contributed by atoms with van der Waals surface area (Å²) in [6, 6.07) is 3.75. The van der Waals surface area contributed by atoms with Gasteiger partial charge in [-0.1, -0.05) is 6.07 Å². The Morgan fingerprint density at radius 2 is 1.71 bits per heavy atom. The summed E-state index contributed by atoms with van der Waals surface area (Å²) in [7, 11) is 0. The van der Waals surface area contributed by atoms with Crippen LogP contribution in [0, 0.1) is 11.6 Å². The zero-order valence-electron chi connectivity index (χ0n) is 12.4. The van der Waals surface area contributed by atoms with E-state index in [1.54, 1.807) is 0 Å². The van der Waals surface area contributed by atoms with E-state index in [1.165, 1.54) is 18.2 Å². The molecule has 0 radical (unpaired) electrons. The van der Waals surface area contributed by atoms with Crippen molar-refractivity contribution in [3.05, 3.63) is 47.2 Å². The molecule has 0 aliphatic heterocycles. The van der Waals surface area contributed by atoms with E-state index in [9.17, 15) is 8.78 Å². The fraction of sp³-hybridized carbons (Fsp3) is 0.467. The molecular weight excluding hydrogens is 276 g/mol. The lowest BCUT2D eigenvalue weighted by Crippen LogP contribution is -2.37. The van der Waals surface area contributed by atoms with Crippen LogP contribution in [0.5, 0.6) is 0 Å². The highest BCUT2D eigenvalue weighted by Gasteiger charge is 2.14. The Balaban J connectivity index is 1.97. The third-order valence-corrected chi connectivity index (χ3v) is 2.89. The molecular formula is C15H19F2N3O. The maximum absolute atomic E-state index is 13.5. The lowest BCUT2D eigenvalue weighted by Gasteiger charge is -2.19. The van der Waals surface area contributed by atoms with Crippen LogP contribution in [0.3, 0.4) is 0 Å². The molecule has 0 saturated carbocycles. The number of hydrogen-bond acceptors (Lipinski definition) is 4. The molecule has 0 spiro atoms. The number of benzene rings is 1. The quantitative estimate of drug-likeness (QED) is 0.921. The smallest absolute Gasteiger partial charge is 0.221 e. The van der Waals surface area contributed by atoms with Crippen LogP contribution in [-0.4, -0.2) is 22.3 Å². The molecule has 0 saturated heterocycles. The van der Waals surface area contributed by atoms with Crippen molar-refractivity contribution in [2.24, 2.45) is 0 Å². The Morgan fingerprint density at radius 3 is 2.33 bits per heavy atom. The van der Waals surface area contributed by atoms with E-state index in [2.05, 4.69) is 36.3 Å². The van der Waals surface area contributed by atoms with Crippen molar-refractivity contribution in [2.45, 2.75) is 39.2 Å². The third kappa shape index (κ3) is 4.60. The standard InChI is InChI=1S/C15H19F2N3O/c1-15(2,3)18-8-7-13-19-20-14(21-13)9-10-11(16)5-4-6-12(10)17/h4-6,18H,7-9H2,1-3H3. The van der Waals surface area contributed by atoms with Gasteiger partial charge in [0.15, 0.2) is 0 Å². The normalized spacial score (nSPS) is 11.9. The third-order valence-electron chi connectivity index (χ3n) is 2.89. The van der Waals surface area contributed by atoms with Crippen LogP contribution in [0.25, 0.3) is 0 Å². The highest BCUT2D eigenvalue weighted by Crippen LogP contribution is 2.16. The molecule has 0 fully saturated rings. The predicted molar refractivity (Wildman–Crippen MR) is 74.9 cm³/mol. The van der Waals surface area contributed by atoms with Gasteiger partial charge in [-0.15, -0.1) is 10.2 Å². The molecule has 1 aromatic heterocycles. The van der Waals surface area contributed by atoms with Crippen molar-refractivity contribution in [3.8, 4) is 0 Å². The topological polar surface area (TPSA) is 51.0 Å². The molecule has 21 heavy (non-hydrogen) atoms. The van der Waals surface area contributed by atoms with Crippen LogP contribution in [0.1, 0.15) is 38.1 Å². The first-order chi connectivity index (χ1) is 9.85. The maximum Gasteiger partial charge on any atom is 0.221 e. The Hall–Kier alpha value is -1.82. The Bertz CT molecular complexity index is 585. The van der Waals surface area contributed by atoms with E-state index in [0.29, 0.717) is 18.9 Å². The molecule has 0 atom stereocenters. The molecule has 1 aromatic carbocycles. The van der Waals surface area contributed by atoms with Gasteiger partial charge in [0.1, 0.15) is 11.6 Å². The van der Waals surface area contributed by atoms with Gasteiger partial charge >= 0.3 is 0 Å². The number of halogens is 2. The van der Waals surface area contributed by atoms with E-state index >= 15 is 0 Å². The minimum absolute atomic E-state index is 0.0130. The second-order valence-corrected chi connectivity index (χ2v) is 5.89. The molecule has 0 amide bonds. The zero-order valence-corrected chi connectivity index (χ0v) is 12.4. The van der Waals surface area contributed by atoms with Gasteiger partial charge < -0.3 is 9.73 Å². The molecule has 4 nitrogen and oxygen atoms in total.